The van der Waals surface area contributed by atoms with Crippen molar-refractivity contribution in [3.8, 4) is 6.07 Å². The number of likely N-dealkylation sites (N-methyl/N-ethyl adjacent to an activating group) is 1. The molecule has 0 aromatic rings. The summed E-state index contributed by atoms with van der Waals surface area (Å²) in [5, 5.41) is 12.6. The van der Waals surface area contributed by atoms with Crippen LogP contribution in [0.1, 0.15) is 46.0 Å². The van der Waals surface area contributed by atoms with Gasteiger partial charge < -0.3 is 4.74 Å². The molecule has 3 heteroatoms. The molecule has 1 N–H and O–H groups in total. The SMILES string of the molecule is CCCCCOCC(C#N)(NCC)C1CC1. The molecule has 0 aromatic carbocycles. The van der Waals surface area contributed by atoms with E-state index in [2.05, 4.69) is 18.3 Å². The molecule has 3 nitrogen and oxygen atoms in total. The molecule has 0 bridgehead atoms. The van der Waals surface area contributed by atoms with E-state index in [4.69, 9.17) is 4.74 Å². The van der Waals surface area contributed by atoms with Crippen LogP contribution in [-0.2, 0) is 4.74 Å². The predicted octanol–water partition coefficient (Wildman–Crippen LogP) is 2.48. The maximum absolute atomic E-state index is 9.33. The number of nitrogens with zero attached hydrogens (tertiary/aromatic N) is 1. The van der Waals surface area contributed by atoms with E-state index in [-0.39, 0.29) is 0 Å². The minimum atomic E-state index is -0.416. The van der Waals surface area contributed by atoms with E-state index in [1.807, 2.05) is 6.92 Å². The van der Waals surface area contributed by atoms with E-state index >= 15 is 0 Å². The largest absolute Gasteiger partial charge is 0.378 e. The smallest absolute Gasteiger partial charge is 0.133 e. The second-order valence-electron chi connectivity index (χ2n) is 4.65. The van der Waals surface area contributed by atoms with Crippen LogP contribution < -0.4 is 5.32 Å². The first kappa shape index (κ1) is 13.5. The summed E-state index contributed by atoms with van der Waals surface area (Å²) < 4.78 is 5.66. The zero-order chi connectivity index (χ0) is 11.9. The van der Waals surface area contributed by atoms with Crippen molar-refractivity contribution in [2.75, 3.05) is 19.8 Å². The number of rotatable bonds is 9. The zero-order valence-electron chi connectivity index (χ0n) is 10.6. The van der Waals surface area contributed by atoms with Gasteiger partial charge in [-0.05, 0) is 31.7 Å². The van der Waals surface area contributed by atoms with Gasteiger partial charge in [0.05, 0.1) is 12.7 Å². The molecule has 0 saturated heterocycles. The molecule has 0 aliphatic heterocycles. The number of hydrogen-bond acceptors (Lipinski definition) is 3. The van der Waals surface area contributed by atoms with Crippen molar-refractivity contribution in [3.05, 3.63) is 0 Å². The van der Waals surface area contributed by atoms with Gasteiger partial charge in [0, 0.05) is 6.61 Å². The second kappa shape index (κ2) is 6.88. The molecule has 1 unspecified atom stereocenters. The van der Waals surface area contributed by atoms with Crippen molar-refractivity contribution in [1.82, 2.24) is 5.32 Å². The Hall–Kier alpha value is -0.590. The summed E-state index contributed by atoms with van der Waals surface area (Å²) in [5.74, 6) is 0.503. The monoisotopic (exact) mass is 224 g/mol. The molecule has 0 amide bonds. The summed E-state index contributed by atoms with van der Waals surface area (Å²) in [7, 11) is 0. The maximum atomic E-state index is 9.33. The predicted molar refractivity (Wildman–Crippen MR) is 65.1 cm³/mol. The summed E-state index contributed by atoms with van der Waals surface area (Å²) in [4.78, 5) is 0. The Morgan fingerprint density at radius 1 is 1.38 bits per heavy atom. The van der Waals surface area contributed by atoms with E-state index in [0.717, 1.165) is 19.6 Å². The van der Waals surface area contributed by atoms with E-state index in [9.17, 15) is 5.26 Å². The average molecular weight is 224 g/mol. The molecular formula is C13H24N2O. The van der Waals surface area contributed by atoms with Crippen molar-refractivity contribution in [2.24, 2.45) is 5.92 Å². The highest BCUT2D eigenvalue weighted by Gasteiger charge is 2.45. The van der Waals surface area contributed by atoms with Gasteiger partial charge in [-0.2, -0.15) is 5.26 Å². The third kappa shape index (κ3) is 3.77. The normalized spacial score (nSPS) is 19.1. The fourth-order valence-electron chi connectivity index (χ4n) is 2.06. The molecule has 0 spiro atoms. The Morgan fingerprint density at radius 2 is 2.12 bits per heavy atom. The van der Waals surface area contributed by atoms with Crippen molar-refractivity contribution < 1.29 is 4.74 Å². The first-order chi connectivity index (χ1) is 7.79. The van der Waals surface area contributed by atoms with Crippen LogP contribution in [0, 0.1) is 17.2 Å². The average Bonchev–Trinajstić information content (AvgIpc) is 3.11. The van der Waals surface area contributed by atoms with Crippen LogP contribution in [-0.4, -0.2) is 25.3 Å². The summed E-state index contributed by atoms with van der Waals surface area (Å²) in [6.07, 6.45) is 5.86. The summed E-state index contributed by atoms with van der Waals surface area (Å²) in [6, 6.07) is 2.43. The molecular weight excluding hydrogens is 200 g/mol. The van der Waals surface area contributed by atoms with Crippen LogP contribution in [0.15, 0.2) is 0 Å². The van der Waals surface area contributed by atoms with Gasteiger partial charge in [-0.1, -0.05) is 26.7 Å². The van der Waals surface area contributed by atoms with Gasteiger partial charge in [0.2, 0.25) is 0 Å². The Balaban J connectivity index is 2.30. The van der Waals surface area contributed by atoms with Crippen molar-refractivity contribution in [1.29, 1.82) is 5.26 Å². The summed E-state index contributed by atoms with van der Waals surface area (Å²) in [5.41, 5.74) is -0.416. The summed E-state index contributed by atoms with van der Waals surface area (Å²) in [6.45, 7) is 6.40. The number of nitriles is 1. The fourth-order valence-corrected chi connectivity index (χ4v) is 2.06. The second-order valence-corrected chi connectivity index (χ2v) is 4.65. The van der Waals surface area contributed by atoms with Gasteiger partial charge in [0.25, 0.3) is 0 Å². The maximum Gasteiger partial charge on any atom is 0.133 e. The lowest BCUT2D eigenvalue weighted by Crippen LogP contribution is -2.50. The van der Waals surface area contributed by atoms with Crippen LogP contribution in [0.3, 0.4) is 0 Å². The molecule has 0 aromatic heterocycles. The van der Waals surface area contributed by atoms with E-state index in [1.165, 1.54) is 25.7 Å². The number of nitrogens with one attached hydrogen (secondary N) is 1. The standard InChI is InChI=1S/C13H24N2O/c1-3-5-6-9-16-11-13(10-14,15-4-2)12-7-8-12/h12,15H,3-9,11H2,1-2H3. The Labute approximate surface area is 99.2 Å². The van der Waals surface area contributed by atoms with Crippen LogP contribution in [0.25, 0.3) is 0 Å². The Kier molecular flexibility index (Phi) is 5.79. The summed E-state index contributed by atoms with van der Waals surface area (Å²) >= 11 is 0. The van der Waals surface area contributed by atoms with Gasteiger partial charge >= 0.3 is 0 Å². The van der Waals surface area contributed by atoms with Gasteiger partial charge in [-0.15, -0.1) is 0 Å². The number of unbranched alkanes of at least 4 members (excludes halogenated alkanes) is 2. The lowest BCUT2D eigenvalue weighted by molar-refractivity contribution is 0.0789. The number of ether oxygens (including phenoxy) is 1. The minimum Gasteiger partial charge on any atom is -0.378 e. The van der Waals surface area contributed by atoms with Crippen LogP contribution in [0.5, 0.6) is 0 Å². The first-order valence-corrected chi connectivity index (χ1v) is 6.53. The Morgan fingerprint density at radius 3 is 2.62 bits per heavy atom. The minimum absolute atomic E-state index is 0.416. The van der Waals surface area contributed by atoms with Gasteiger partial charge in [-0.3, -0.25) is 5.32 Å². The van der Waals surface area contributed by atoms with E-state index in [0.29, 0.717) is 12.5 Å². The molecule has 0 radical (unpaired) electrons. The molecule has 92 valence electrons. The van der Waals surface area contributed by atoms with Crippen LogP contribution in [0.4, 0.5) is 0 Å². The Bertz CT molecular complexity index is 233. The third-order valence-corrected chi connectivity index (χ3v) is 3.19. The topological polar surface area (TPSA) is 45.0 Å². The molecule has 16 heavy (non-hydrogen) atoms. The molecule has 1 fully saturated rings. The molecule has 1 rings (SSSR count). The highest BCUT2D eigenvalue weighted by molar-refractivity contribution is 5.15. The quantitative estimate of drug-likeness (QED) is 0.612. The van der Waals surface area contributed by atoms with Crippen molar-refractivity contribution >= 4 is 0 Å². The highest BCUT2D eigenvalue weighted by atomic mass is 16.5. The van der Waals surface area contributed by atoms with Gasteiger partial charge in [0.15, 0.2) is 0 Å². The molecule has 0 heterocycles. The highest BCUT2D eigenvalue weighted by Crippen LogP contribution is 2.39. The molecule has 1 aliphatic rings. The third-order valence-electron chi connectivity index (χ3n) is 3.19. The van der Waals surface area contributed by atoms with Gasteiger partial charge in [-0.25, -0.2) is 0 Å². The zero-order valence-corrected chi connectivity index (χ0v) is 10.6. The first-order valence-electron chi connectivity index (χ1n) is 6.53. The lowest BCUT2D eigenvalue weighted by Gasteiger charge is -2.27. The molecule has 1 atom stereocenters. The van der Waals surface area contributed by atoms with E-state index in [1.54, 1.807) is 0 Å². The number of hydrogen-bond donors (Lipinski definition) is 1. The van der Waals surface area contributed by atoms with E-state index < -0.39 is 5.54 Å². The van der Waals surface area contributed by atoms with Crippen LogP contribution in [0.2, 0.25) is 0 Å². The lowest BCUT2D eigenvalue weighted by atomic mass is 9.96. The fraction of sp³-hybridized carbons (Fsp3) is 0.923. The van der Waals surface area contributed by atoms with Crippen molar-refractivity contribution in [2.45, 2.75) is 51.5 Å². The molecule has 1 aliphatic carbocycles. The van der Waals surface area contributed by atoms with Crippen LogP contribution >= 0.6 is 0 Å². The van der Waals surface area contributed by atoms with Crippen molar-refractivity contribution in [3.63, 3.8) is 0 Å². The molecule has 1 saturated carbocycles. The van der Waals surface area contributed by atoms with Gasteiger partial charge in [0.1, 0.15) is 5.54 Å².